The molecule has 1 aliphatic carbocycles. The lowest BCUT2D eigenvalue weighted by molar-refractivity contribution is 0.991. The first-order valence-electron chi connectivity index (χ1n) is 3.26. The Morgan fingerprint density at radius 1 is 1.60 bits per heavy atom. The third-order valence-electron chi connectivity index (χ3n) is 1.88. The fraction of sp³-hybridized carbons (Fsp3) is 0.429. The minimum atomic E-state index is 0.422. The van der Waals surface area contributed by atoms with Crippen LogP contribution in [0.5, 0.6) is 0 Å². The van der Waals surface area contributed by atoms with Crippen LogP contribution in [0.25, 0.3) is 0 Å². The molecule has 3 heteroatoms. The highest BCUT2D eigenvalue weighted by Gasteiger charge is 2.36. The van der Waals surface area contributed by atoms with Gasteiger partial charge in [0, 0.05) is 21.8 Å². The van der Waals surface area contributed by atoms with Crippen LogP contribution in [0.15, 0.2) is 15.2 Å². The maximum absolute atomic E-state index is 5.71. The van der Waals surface area contributed by atoms with Crippen molar-refractivity contribution in [1.29, 1.82) is 0 Å². The third kappa shape index (κ3) is 1.02. The fourth-order valence-electron chi connectivity index (χ4n) is 1.13. The van der Waals surface area contributed by atoms with Gasteiger partial charge in [0.2, 0.25) is 0 Å². The highest BCUT2D eigenvalue weighted by atomic mass is 79.9. The Kier molecular flexibility index (Phi) is 1.59. The second kappa shape index (κ2) is 2.32. The van der Waals surface area contributed by atoms with E-state index in [9.17, 15) is 0 Å². The second-order valence-corrected chi connectivity index (χ2v) is 4.28. The van der Waals surface area contributed by atoms with Gasteiger partial charge in [-0.15, -0.1) is 0 Å². The van der Waals surface area contributed by atoms with Gasteiger partial charge in [0.15, 0.2) is 0 Å². The summed E-state index contributed by atoms with van der Waals surface area (Å²) in [6.45, 7) is 0. The number of hydrogen-bond donors (Lipinski definition) is 1. The molecule has 0 aliphatic heterocycles. The fourth-order valence-corrected chi connectivity index (χ4v) is 2.78. The highest BCUT2D eigenvalue weighted by molar-refractivity contribution is 9.10. The van der Waals surface area contributed by atoms with E-state index in [1.54, 1.807) is 11.3 Å². The Morgan fingerprint density at radius 2 is 2.30 bits per heavy atom. The Balaban J connectivity index is 2.26. The molecule has 1 heterocycles. The molecular weight excluding hydrogens is 210 g/mol. The van der Waals surface area contributed by atoms with Crippen molar-refractivity contribution in [3.8, 4) is 0 Å². The number of hydrogen-bond acceptors (Lipinski definition) is 2. The van der Waals surface area contributed by atoms with Crippen LogP contribution < -0.4 is 5.73 Å². The summed E-state index contributed by atoms with van der Waals surface area (Å²) >= 11 is 5.22. The summed E-state index contributed by atoms with van der Waals surface area (Å²) in [5.41, 5.74) is 7.11. The minimum absolute atomic E-state index is 0.422. The summed E-state index contributed by atoms with van der Waals surface area (Å²) in [5.74, 6) is 0.639. The molecule has 10 heavy (non-hydrogen) atoms. The van der Waals surface area contributed by atoms with E-state index < -0.39 is 0 Å². The van der Waals surface area contributed by atoms with Gasteiger partial charge in [-0.05, 0) is 33.3 Å². The summed E-state index contributed by atoms with van der Waals surface area (Å²) in [5, 5.41) is 4.29. The molecule has 2 rings (SSSR count). The molecule has 0 bridgehead atoms. The summed E-state index contributed by atoms with van der Waals surface area (Å²) in [6.07, 6.45) is 1.16. The molecule has 54 valence electrons. The van der Waals surface area contributed by atoms with Crippen molar-refractivity contribution in [1.82, 2.24) is 0 Å². The van der Waals surface area contributed by atoms with E-state index in [1.807, 2.05) is 0 Å². The van der Waals surface area contributed by atoms with Crippen molar-refractivity contribution >= 4 is 27.3 Å². The number of nitrogens with two attached hydrogens (primary N) is 1. The number of rotatable bonds is 1. The molecule has 1 aromatic heterocycles. The van der Waals surface area contributed by atoms with Crippen molar-refractivity contribution in [3.05, 3.63) is 20.8 Å². The van der Waals surface area contributed by atoms with Gasteiger partial charge in [0.25, 0.3) is 0 Å². The molecule has 1 nitrogen and oxygen atoms in total. The summed E-state index contributed by atoms with van der Waals surface area (Å²) < 4.78 is 1.23. The predicted octanol–water partition coefficient (Wildman–Crippen LogP) is 2.33. The molecule has 1 aromatic rings. The average molecular weight is 218 g/mol. The standard InChI is InChI=1S/C7H8BrNS/c8-6-3-10-2-5(6)4-1-7(4)9/h2-4,7H,1,9H2. The molecule has 0 saturated heterocycles. The summed E-state index contributed by atoms with van der Waals surface area (Å²) in [4.78, 5) is 0. The van der Waals surface area contributed by atoms with Gasteiger partial charge < -0.3 is 5.73 Å². The Morgan fingerprint density at radius 3 is 2.70 bits per heavy atom. The van der Waals surface area contributed by atoms with Gasteiger partial charge in [-0.1, -0.05) is 0 Å². The first kappa shape index (κ1) is 6.83. The van der Waals surface area contributed by atoms with Crippen LogP contribution in [-0.4, -0.2) is 6.04 Å². The minimum Gasteiger partial charge on any atom is -0.327 e. The number of halogens is 1. The highest BCUT2D eigenvalue weighted by Crippen LogP contribution is 2.43. The van der Waals surface area contributed by atoms with Crippen LogP contribution in [-0.2, 0) is 0 Å². The molecule has 1 fully saturated rings. The molecule has 0 radical (unpaired) electrons. The van der Waals surface area contributed by atoms with E-state index in [0.717, 1.165) is 6.42 Å². The molecule has 0 aromatic carbocycles. The lowest BCUT2D eigenvalue weighted by atomic mass is 10.2. The van der Waals surface area contributed by atoms with Crippen LogP contribution in [0.3, 0.4) is 0 Å². The quantitative estimate of drug-likeness (QED) is 0.769. The first-order chi connectivity index (χ1) is 4.79. The average Bonchev–Trinajstić information content (AvgIpc) is 2.42. The molecule has 2 N–H and O–H groups in total. The van der Waals surface area contributed by atoms with Gasteiger partial charge in [-0.2, -0.15) is 11.3 Å². The lowest BCUT2D eigenvalue weighted by Crippen LogP contribution is -2.00. The predicted molar refractivity (Wildman–Crippen MR) is 47.4 cm³/mol. The lowest BCUT2D eigenvalue weighted by Gasteiger charge is -1.91. The van der Waals surface area contributed by atoms with Crippen LogP contribution in [0.1, 0.15) is 17.9 Å². The summed E-state index contributed by atoms with van der Waals surface area (Å²) in [6, 6.07) is 0.422. The van der Waals surface area contributed by atoms with Crippen LogP contribution in [0.2, 0.25) is 0 Å². The zero-order valence-electron chi connectivity index (χ0n) is 5.38. The van der Waals surface area contributed by atoms with Crippen molar-refractivity contribution in [2.75, 3.05) is 0 Å². The normalized spacial score (nSPS) is 30.6. The van der Waals surface area contributed by atoms with Gasteiger partial charge in [0.1, 0.15) is 0 Å². The molecule has 2 unspecified atom stereocenters. The molecule has 1 aliphatic rings. The zero-order valence-corrected chi connectivity index (χ0v) is 7.78. The molecular formula is C7H8BrNS. The van der Waals surface area contributed by atoms with Crippen molar-refractivity contribution in [2.24, 2.45) is 5.73 Å². The second-order valence-electron chi connectivity index (χ2n) is 2.68. The molecule has 1 saturated carbocycles. The SMILES string of the molecule is NC1CC1c1cscc1Br. The van der Waals surface area contributed by atoms with Gasteiger partial charge in [0.05, 0.1) is 0 Å². The van der Waals surface area contributed by atoms with Crippen molar-refractivity contribution < 1.29 is 0 Å². The Bertz CT molecular complexity index is 246. The van der Waals surface area contributed by atoms with E-state index in [-0.39, 0.29) is 0 Å². The first-order valence-corrected chi connectivity index (χ1v) is 5.00. The van der Waals surface area contributed by atoms with Crippen molar-refractivity contribution in [3.63, 3.8) is 0 Å². The topological polar surface area (TPSA) is 26.0 Å². The van der Waals surface area contributed by atoms with E-state index in [2.05, 4.69) is 26.7 Å². The smallest absolute Gasteiger partial charge is 0.0317 e. The number of thiophene rings is 1. The Hall–Kier alpha value is 0.140. The van der Waals surface area contributed by atoms with Gasteiger partial charge in [-0.25, -0.2) is 0 Å². The van der Waals surface area contributed by atoms with Gasteiger partial charge >= 0.3 is 0 Å². The van der Waals surface area contributed by atoms with Crippen LogP contribution in [0, 0.1) is 0 Å². The van der Waals surface area contributed by atoms with Crippen molar-refractivity contribution in [2.45, 2.75) is 18.4 Å². The van der Waals surface area contributed by atoms with Crippen LogP contribution >= 0.6 is 27.3 Å². The zero-order chi connectivity index (χ0) is 7.14. The summed E-state index contributed by atoms with van der Waals surface area (Å²) in [7, 11) is 0. The van der Waals surface area contributed by atoms with Gasteiger partial charge in [-0.3, -0.25) is 0 Å². The van der Waals surface area contributed by atoms with E-state index in [4.69, 9.17) is 5.73 Å². The molecule has 2 atom stereocenters. The molecule has 0 spiro atoms. The van der Waals surface area contributed by atoms with E-state index in [0.29, 0.717) is 12.0 Å². The third-order valence-corrected chi connectivity index (χ3v) is 3.63. The monoisotopic (exact) mass is 217 g/mol. The molecule has 0 amide bonds. The Labute approximate surface area is 72.4 Å². The largest absolute Gasteiger partial charge is 0.327 e. The van der Waals surface area contributed by atoms with E-state index >= 15 is 0 Å². The van der Waals surface area contributed by atoms with Crippen LogP contribution in [0.4, 0.5) is 0 Å². The maximum Gasteiger partial charge on any atom is 0.0317 e. The maximum atomic E-state index is 5.71. The van der Waals surface area contributed by atoms with E-state index in [1.165, 1.54) is 10.0 Å².